The van der Waals surface area contributed by atoms with Crippen molar-refractivity contribution in [1.82, 2.24) is 0 Å². The van der Waals surface area contributed by atoms with Gasteiger partial charge in [0.25, 0.3) is 0 Å². The summed E-state index contributed by atoms with van der Waals surface area (Å²) < 4.78 is 0. The van der Waals surface area contributed by atoms with Crippen LogP contribution in [0, 0.1) is 6.92 Å². The minimum Gasteiger partial charge on any atom is -0.399 e. The Labute approximate surface area is 86.3 Å². The fourth-order valence-corrected chi connectivity index (χ4v) is 2.01. The number of benzene rings is 1. The van der Waals surface area contributed by atoms with Gasteiger partial charge in [0, 0.05) is 5.69 Å². The fraction of sp³-hybridized carbons (Fsp3) is 0.538. The highest BCUT2D eigenvalue weighted by atomic mass is 14.6. The van der Waals surface area contributed by atoms with E-state index in [0.29, 0.717) is 5.92 Å². The van der Waals surface area contributed by atoms with E-state index in [4.69, 9.17) is 5.73 Å². The summed E-state index contributed by atoms with van der Waals surface area (Å²) in [4.78, 5) is 0. The third-order valence-electron chi connectivity index (χ3n) is 3.11. The normalized spacial score (nSPS) is 16.3. The van der Waals surface area contributed by atoms with Gasteiger partial charge < -0.3 is 5.73 Å². The van der Waals surface area contributed by atoms with Crippen LogP contribution in [0.25, 0.3) is 0 Å². The molecule has 0 heterocycles. The van der Waals surface area contributed by atoms with Crippen LogP contribution in [0.15, 0.2) is 12.1 Å². The molecule has 0 aromatic heterocycles. The first-order valence-corrected chi connectivity index (χ1v) is 5.49. The lowest BCUT2D eigenvalue weighted by molar-refractivity contribution is 0.841. The predicted octanol–water partition coefficient (Wildman–Crippen LogP) is 3.58. The SMILES string of the molecule is Cc1cc(C2CC2)c(C(C)C)cc1N. The third kappa shape index (κ3) is 1.63. The van der Waals surface area contributed by atoms with Gasteiger partial charge in [0.05, 0.1) is 0 Å². The van der Waals surface area contributed by atoms with Crippen LogP contribution < -0.4 is 5.73 Å². The van der Waals surface area contributed by atoms with Crippen molar-refractivity contribution in [2.75, 3.05) is 5.73 Å². The number of nitrogen functional groups attached to an aromatic ring is 1. The summed E-state index contributed by atoms with van der Waals surface area (Å²) in [5, 5.41) is 0. The first-order valence-electron chi connectivity index (χ1n) is 5.49. The highest BCUT2D eigenvalue weighted by Gasteiger charge is 2.27. The molecule has 2 rings (SSSR count). The second-order valence-electron chi connectivity index (χ2n) is 4.77. The van der Waals surface area contributed by atoms with Gasteiger partial charge in [0.1, 0.15) is 0 Å². The molecule has 1 nitrogen and oxygen atoms in total. The van der Waals surface area contributed by atoms with Gasteiger partial charge in [-0.1, -0.05) is 19.9 Å². The monoisotopic (exact) mass is 189 g/mol. The van der Waals surface area contributed by atoms with Gasteiger partial charge in [0.2, 0.25) is 0 Å². The molecule has 14 heavy (non-hydrogen) atoms. The molecule has 2 N–H and O–H groups in total. The Kier molecular flexibility index (Phi) is 2.26. The van der Waals surface area contributed by atoms with E-state index < -0.39 is 0 Å². The molecule has 1 aromatic carbocycles. The van der Waals surface area contributed by atoms with Crippen LogP contribution in [0.1, 0.15) is 55.2 Å². The van der Waals surface area contributed by atoms with Crippen molar-refractivity contribution < 1.29 is 0 Å². The van der Waals surface area contributed by atoms with E-state index in [-0.39, 0.29) is 0 Å². The van der Waals surface area contributed by atoms with Crippen LogP contribution >= 0.6 is 0 Å². The minimum absolute atomic E-state index is 0.591. The van der Waals surface area contributed by atoms with E-state index >= 15 is 0 Å². The molecule has 1 aliphatic rings. The number of nitrogens with two attached hydrogens (primary N) is 1. The van der Waals surface area contributed by atoms with Crippen molar-refractivity contribution in [3.63, 3.8) is 0 Å². The van der Waals surface area contributed by atoms with E-state index in [1.807, 2.05) is 0 Å². The summed E-state index contributed by atoms with van der Waals surface area (Å²) >= 11 is 0. The van der Waals surface area contributed by atoms with Crippen LogP contribution in [0.3, 0.4) is 0 Å². The third-order valence-corrected chi connectivity index (χ3v) is 3.11. The Balaban J connectivity index is 2.49. The van der Waals surface area contributed by atoms with Crippen LogP contribution in [0.2, 0.25) is 0 Å². The Hall–Kier alpha value is -0.980. The maximum atomic E-state index is 5.95. The van der Waals surface area contributed by atoms with Gasteiger partial charge in [-0.05, 0) is 54.4 Å². The summed E-state index contributed by atoms with van der Waals surface area (Å²) in [6, 6.07) is 4.47. The minimum atomic E-state index is 0.591. The number of aryl methyl sites for hydroxylation is 1. The molecule has 0 radical (unpaired) electrons. The van der Waals surface area contributed by atoms with Gasteiger partial charge in [-0.15, -0.1) is 0 Å². The van der Waals surface area contributed by atoms with Crippen molar-refractivity contribution in [2.24, 2.45) is 0 Å². The number of hydrogen-bond donors (Lipinski definition) is 1. The molecular weight excluding hydrogens is 170 g/mol. The number of rotatable bonds is 2. The Bertz CT molecular complexity index is 321. The lowest BCUT2D eigenvalue weighted by Gasteiger charge is -2.15. The predicted molar refractivity (Wildman–Crippen MR) is 61.7 cm³/mol. The van der Waals surface area contributed by atoms with Crippen LogP contribution in [0.4, 0.5) is 5.69 Å². The maximum Gasteiger partial charge on any atom is 0.0346 e. The van der Waals surface area contributed by atoms with Gasteiger partial charge in [-0.2, -0.15) is 0 Å². The van der Waals surface area contributed by atoms with Crippen molar-refractivity contribution in [2.45, 2.75) is 45.4 Å². The smallest absolute Gasteiger partial charge is 0.0346 e. The zero-order chi connectivity index (χ0) is 10.3. The zero-order valence-electron chi connectivity index (χ0n) is 9.30. The van der Waals surface area contributed by atoms with E-state index in [1.54, 1.807) is 5.56 Å². The first-order chi connectivity index (χ1) is 6.59. The van der Waals surface area contributed by atoms with E-state index in [9.17, 15) is 0 Å². The van der Waals surface area contributed by atoms with Crippen LogP contribution in [-0.2, 0) is 0 Å². The number of hydrogen-bond acceptors (Lipinski definition) is 1. The lowest BCUT2D eigenvalue weighted by Crippen LogP contribution is -1.99. The average Bonchev–Trinajstić information content (AvgIpc) is 2.91. The highest BCUT2D eigenvalue weighted by molar-refractivity contribution is 5.53. The van der Waals surface area contributed by atoms with E-state index in [1.165, 1.54) is 24.0 Å². The Morgan fingerprint density at radius 1 is 1.29 bits per heavy atom. The van der Waals surface area contributed by atoms with Crippen molar-refractivity contribution >= 4 is 5.69 Å². The Morgan fingerprint density at radius 3 is 2.43 bits per heavy atom. The summed E-state index contributed by atoms with van der Waals surface area (Å²) in [6.07, 6.45) is 2.73. The van der Waals surface area contributed by atoms with Gasteiger partial charge in [-0.25, -0.2) is 0 Å². The standard InChI is InChI=1S/C13H19N/c1-8(2)11-7-13(14)9(3)6-12(11)10-4-5-10/h6-8,10H,4-5,14H2,1-3H3. The van der Waals surface area contributed by atoms with Crippen LogP contribution in [0.5, 0.6) is 0 Å². The molecule has 0 bridgehead atoms. The summed E-state index contributed by atoms with van der Waals surface area (Å²) in [6.45, 7) is 6.59. The molecular formula is C13H19N. The second-order valence-corrected chi connectivity index (χ2v) is 4.77. The summed E-state index contributed by atoms with van der Waals surface area (Å²) in [7, 11) is 0. The summed E-state index contributed by atoms with van der Waals surface area (Å²) in [5.41, 5.74) is 11.1. The molecule has 0 spiro atoms. The molecule has 0 aliphatic heterocycles. The van der Waals surface area contributed by atoms with Crippen molar-refractivity contribution in [1.29, 1.82) is 0 Å². The molecule has 1 aliphatic carbocycles. The molecule has 0 saturated heterocycles. The number of anilines is 1. The quantitative estimate of drug-likeness (QED) is 0.707. The second kappa shape index (κ2) is 3.30. The van der Waals surface area contributed by atoms with Gasteiger partial charge in [-0.3, -0.25) is 0 Å². The van der Waals surface area contributed by atoms with Crippen molar-refractivity contribution in [3.05, 3.63) is 28.8 Å². The maximum absolute atomic E-state index is 5.95. The Morgan fingerprint density at radius 2 is 1.93 bits per heavy atom. The molecule has 0 unspecified atom stereocenters. The van der Waals surface area contributed by atoms with Gasteiger partial charge >= 0.3 is 0 Å². The first kappa shape index (κ1) is 9.57. The molecule has 76 valence electrons. The van der Waals surface area contributed by atoms with Crippen molar-refractivity contribution in [3.8, 4) is 0 Å². The molecule has 1 heteroatoms. The largest absolute Gasteiger partial charge is 0.399 e. The van der Waals surface area contributed by atoms with Crippen LogP contribution in [-0.4, -0.2) is 0 Å². The fourth-order valence-electron chi connectivity index (χ4n) is 2.01. The molecule has 1 fully saturated rings. The molecule has 1 saturated carbocycles. The average molecular weight is 189 g/mol. The lowest BCUT2D eigenvalue weighted by atomic mass is 9.92. The highest BCUT2D eigenvalue weighted by Crippen LogP contribution is 2.44. The van der Waals surface area contributed by atoms with E-state index in [2.05, 4.69) is 32.9 Å². The zero-order valence-corrected chi connectivity index (χ0v) is 9.30. The summed E-state index contributed by atoms with van der Waals surface area (Å²) in [5.74, 6) is 1.42. The molecule has 0 atom stereocenters. The molecule has 1 aromatic rings. The topological polar surface area (TPSA) is 26.0 Å². The van der Waals surface area contributed by atoms with Gasteiger partial charge in [0.15, 0.2) is 0 Å². The van der Waals surface area contributed by atoms with E-state index in [0.717, 1.165) is 11.6 Å². The molecule has 0 amide bonds.